The minimum atomic E-state index is -0.564. The Kier molecular flexibility index (Phi) is 4.27. The summed E-state index contributed by atoms with van der Waals surface area (Å²) in [7, 11) is 0. The zero-order chi connectivity index (χ0) is 18.2. The SMILES string of the molecule is [C-]#[N+]c1nn(CC(=O)OC(C)(C)C)c2cc(-c3cnc(C)nc3)sc12. The third kappa shape index (κ3) is 3.67. The maximum absolute atomic E-state index is 12.1. The first-order chi connectivity index (χ1) is 11.8. The van der Waals surface area contributed by atoms with Crippen molar-refractivity contribution in [3.05, 3.63) is 35.7 Å². The predicted molar refractivity (Wildman–Crippen MR) is 95.5 cm³/mol. The first kappa shape index (κ1) is 17.0. The van der Waals surface area contributed by atoms with E-state index in [4.69, 9.17) is 11.3 Å². The average molecular weight is 355 g/mol. The van der Waals surface area contributed by atoms with Crippen molar-refractivity contribution in [2.24, 2.45) is 0 Å². The third-order valence-corrected chi connectivity index (χ3v) is 4.45. The molecule has 25 heavy (non-hydrogen) atoms. The first-order valence-corrected chi connectivity index (χ1v) is 8.47. The van der Waals surface area contributed by atoms with Gasteiger partial charge in [0.05, 0.1) is 10.2 Å². The van der Waals surface area contributed by atoms with Gasteiger partial charge in [0, 0.05) is 22.8 Å². The van der Waals surface area contributed by atoms with E-state index < -0.39 is 5.60 Å². The number of esters is 1. The monoisotopic (exact) mass is 355 g/mol. The van der Waals surface area contributed by atoms with E-state index in [1.165, 1.54) is 16.0 Å². The highest BCUT2D eigenvalue weighted by Crippen LogP contribution is 2.38. The van der Waals surface area contributed by atoms with Crippen LogP contribution in [0.1, 0.15) is 26.6 Å². The Morgan fingerprint density at radius 2 is 2.04 bits per heavy atom. The Hall–Kier alpha value is -2.79. The summed E-state index contributed by atoms with van der Waals surface area (Å²) in [6, 6.07) is 1.90. The molecule has 0 bridgehead atoms. The van der Waals surface area contributed by atoms with E-state index in [-0.39, 0.29) is 18.3 Å². The Labute approximate surface area is 149 Å². The number of nitrogens with zero attached hydrogens (tertiary/aromatic N) is 5. The maximum Gasteiger partial charge on any atom is 0.330 e. The molecule has 0 amide bonds. The van der Waals surface area contributed by atoms with Crippen LogP contribution >= 0.6 is 11.3 Å². The van der Waals surface area contributed by atoms with E-state index in [0.29, 0.717) is 5.82 Å². The maximum atomic E-state index is 12.1. The molecule has 0 aliphatic carbocycles. The number of thiophene rings is 1. The number of rotatable bonds is 3. The van der Waals surface area contributed by atoms with Crippen LogP contribution in [0.4, 0.5) is 5.82 Å². The fourth-order valence-electron chi connectivity index (χ4n) is 2.30. The summed E-state index contributed by atoms with van der Waals surface area (Å²) >= 11 is 1.44. The van der Waals surface area contributed by atoms with Crippen molar-refractivity contribution in [2.45, 2.75) is 39.8 Å². The molecule has 0 N–H and O–H groups in total. The average Bonchev–Trinajstić information content (AvgIpc) is 3.06. The van der Waals surface area contributed by atoms with Crippen LogP contribution in [0.15, 0.2) is 18.5 Å². The largest absolute Gasteiger partial charge is 0.459 e. The van der Waals surface area contributed by atoms with Gasteiger partial charge in [-0.25, -0.2) is 14.8 Å². The molecule has 8 heteroatoms. The summed E-state index contributed by atoms with van der Waals surface area (Å²) in [6.45, 7) is 14.5. The van der Waals surface area contributed by atoms with Gasteiger partial charge >= 0.3 is 11.8 Å². The second-order valence-corrected chi connectivity index (χ2v) is 7.58. The van der Waals surface area contributed by atoms with Gasteiger partial charge in [-0.05, 0) is 38.9 Å². The van der Waals surface area contributed by atoms with Crippen LogP contribution in [0.25, 0.3) is 25.5 Å². The predicted octanol–water partition coefficient (Wildman–Crippen LogP) is 3.76. The summed E-state index contributed by atoms with van der Waals surface area (Å²) in [5.41, 5.74) is 1.04. The van der Waals surface area contributed by atoms with Gasteiger partial charge in [-0.1, -0.05) is 6.57 Å². The number of carbonyl (C=O) groups is 1. The molecule has 3 aromatic rings. The van der Waals surface area contributed by atoms with Gasteiger partial charge in [-0.3, -0.25) is 0 Å². The number of carbonyl (C=O) groups excluding carboxylic acids is 1. The van der Waals surface area contributed by atoms with Crippen molar-refractivity contribution in [3.8, 4) is 10.4 Å². The molecule has 0 saturated carbocycles. The Bertz CT molecular complexity index is 974. The van der Waals surface area contributed by atoms with Crippen LogP contribution in [-0.2, 0) is 16.1 Å². The number of aromatic nitrogens is 4. The normalized spacial score (nSPS) is 11.5. The fraction of sp³-hybridized carbons (Fsp3) is 0.353. The highest BCUT2D eigenvalue weighted by Gasteiger charge is 2.22. The molecular weight excluding hydrogens is 338 g/mol. The van der Waals surface area contributed by atoms with Gasteiger partial charge in [0.25, 0.3) is 0 Å². The van der Waals surface area contributed by atoms with E-state index >= 15 is 0 Å². The minimum Gasteiger partial charge on any atom is -0.459 e. The standard InChI is InChI=1S/C17H17N5O2S/c1-10-19-7-11(8-20-10)13-6-12-15(25-13)16(18-5)21-22(12)9-14(23)24-17(2,3)4/h6-8H,9H2,1-4H3. The summed E-state index contributed by atoms with van der Waals surface area (Å²) < 4.78 is 7.61. The lowest BCUT2D eigenvalue weighted by molar-refractivity contribution is -0.155. The van der Waals surface area contributed by atoms with Crippen LogP contribution < -0.4 is 0 Å². The smallest absolute Gasteiger partial charge is 0.330 e. The quantitative estimate of drug-likeness (QED) is 0.528. The second kappa shape index (κ2) is 6.26. The molecule has 0 radical (unpaired) electrons. The number of aryl methyl sites for hydroxylation is 1. The van der Waals surface area contributed by atoms with Gasteiger partial charge in [0.15, 0.2) is 6.54 Å². The highest BCUT2D eigenvalue weighted by molar-refractivity contribution is 7.22. The second-order valence-electron chi connectivity index (χ2n) is 6.52. The van der Waals surface area contributed by atoms with E-state index in [0.717, 1.165) is 20.7 Å². The Morgan fingerprint density at radius 3 is 2.64 bits per heavy atom. The van der Waals surface area contributed by atoms with Gasteiger partial charge in [0.1, 0.15) is 11.4 Å². The minimum absolute atomic E-state index is 0.0378. The van der Waals surface area contributed by atoms with Crippen LogP contribution in [0.3, 0.4) is 0 Å². The molecule has 3 aromatic heterocycles. The first-order valence-electron chi connectivity index (χ1n) is 7.65. The molecule has 0 aliphatic heterocycles. The van der Waals surface area contributed by atoms with Gasteiger partial charge in [-0.15, -0.1) is 11.3 Å². The molecule has 3 rings (SSSR count). The van der Waals surface area contributed by atoms with E-state index in [1.807, 2.05) is 33.8 Å². The van der Waals surface area contributed by atoms with Crippen molar-refractivity contribution in [2.75, 3.05) is 0 Å². The van der Waals surface area contributed by atoms with Gasteiger partial charge in [-0.2, -0.15) is 4.68 Å². The highest BCUT2D eigenvalue weighted by atomic mass is 32.1. The molecule has 128 valence electrons. The van der Waals surface area contributed by atoms with Crippen molar-refractivity contribution in [3.63, 3.8) is 0 Å². The number of fused-ring (bicyclic) bond motifs is 1. The molecule has 0 fully saturated rings. The summed E-state index contributed by atoms with van der Waals surface area (Å²) in [4.78, 5) is 24.9. The molecular formula is C17H17N5O2S. The van der Waals surface area contributed by atoms with E-state index in [2.05, 4.69) is 19.9 Å². The molecule has 0 spiro atoms. The van der Waals surface area contributed by atoms with Crippen molar-refractivity contribution >= 4 is 33.3 Å². The molecule has 3 heterocycles. The van der Waals surface area contributed by atoms with Gasteiger partial charge < -0.3 is 9.58 Å². The van der Waals surface area contributed by atoms with Crippen molar-refractivity contribution < 1.29 is 9.53 Å². The topological polar surface area (TPSA) is 74.3 Å². The van der Waals surface area contributed by atoms with Crippen molar-refractivity contribution in [1.82, 2.24) is 19.7 Å². The van der Waals surface area contributed by atoms with Crippen LogP contribution in [0, 0.1) is 13.5 Å². The number of hydrogen-bond acceptors (Lipinski definition) is 6. The lowest BCUT2D eigenvalue weighted by Crippen LogP contribution is -2.26. The zero-order valence-electron chi connectivity index (χ0n) is 14.4. The van der Waals surface area contributed by atoms with Gasteiger partial charge in [0.2, 0.25) is 0 Å². The van der Waals surface area contributed by atoms with Crippen LogP contribution in [0.2, 0.25) is 0 Å². The molecule has 0 aromatic carbocycles. The molecule has 0 saturated heterocycles. The fourth-order valence-corrected chi connectivity index (χ4v) is 3.36. The number of ether oxygens (including phenoxy) is 1. The molecule has 0 atom stereocenters. The molecule has 7 nitrogen and oxygen atoms in total. The van der Waals surface area contributed by atoms with E-state index in [1.54, 1.807) is 12.4 Å². The Balaban J connectivity index is 1.98. The number of hydrogen-bond donors (Lipinski definition) is 0. The summed E-state index contributed by atoms with van der Waals surface area (Å²) in [6.07, 6.45) is 3.49. The summed E-state index contributed by atoms with van der Waals surface area (Å²) in [5, 5.41) is 4.23. The van der Waals surface area contributed by atoms with Crippen molar-refractivity contribution in [1.29, 1.82) is 0 Å². The van der Waals surface area contributed by atoms with Crippen LogP contribution in [-0.4, -0.2) is 31.3 Å². The zero-order valence-corrected chi connectivity index (χ0v) is 15.2. The van der Waals surface area contributed by atoms with E-state index in [9.17, 15) is 4.79 Å². The summed E-state index contributed by atoms with van der Waals surface area (Å²) in [5.74, 6) is 0.588. The third-order valence-electron chi connectivity index (χ3n) is 3.28. The molecule has 0 unspecified atom stereocenters. The Morgan fingerprint density at radius 1 is 1.36 bits per heavy atom. The lowest BCUT2D eigenvalue weighted by Gasteiger charge is -2.18. The molecule has 0 aliphatic rings. The lowest BCUT2D eigenvalue weighted by atomic mass is 10.2. The van der Waals surface area contributed by atoms with Crippen LogP contribution in [0.5, 0.6) is 0 Å².